The summed E-state index contributed by atoms with van der Waals surface area (Å²) < 4.78 is 20.7. The molecule has 17 heavy (non-hydrogen) atoms. The second-order valence-corrected chi connectivity index (χ2v) is 6.09. The number of carbonyl (C=O) groups is 1. The summed E-state index contributed by atoms with van der Waals surface area (Å²) >= 11 is 0. The Kier molecular flexibility index (Phi) is 7.44. The van der Waals surface area contributed by atoms with Crippen LogP contribution in [-0.4, -0.2) is 49.1 Å². The van der Waals surface area contributed by atoms with Crippen molar-refractivity contribution in [3.63, 3.8) is 0 Å². The molecule has 0 aromatic carbocycles. The summed E-state index contributed by atoms with van der Waals surface area (Å²) in [5.41, 5.74) is 0. The van der Waals surface area contributed by atoms with Crippen molar-refractivity contribution in [3.8, 4) is 0 Å². The highest BCUT2D eigenvalue weighted by atomic mass is 31.2. The molecule has 2 atom stereocenters. The number of ether oxygens (including phenoxy) is 1. The third-order valence-corrected chi connectivity index (χ3v) is 4.65. The number of carbonyl (C=O) groups excluding carboxylic acids is 1. The van der Waals surface area contributed by atoms with Crippen LogP contribution in [0.2, 0.25) is 0 Å². The molecule has 0 radical (unpaired) electrons. The molecule has 0 bridgehead atoms. The molecule has 1 N–H and O–H groups in total. The van der Waals surface area contributed by atoms with Crippen LogP contribution in [0.5, 0.6) is 0 Å². The number of hydrogen-bond donors (Lipinski definition) is 1. The molecule has 1 saturated heterocycles. The fraction of sp³-hybridized carbons (Fsp3) is 0.889. The molecule has 1 fully saturated rings. The Morgan fingerprint density at radius 1 is 1.47 bits per heavy atom. The van der Waals surface area contributed by atoms with Crippen molar-refractivity contribution in [3.05, 3.63) is 0 Å². The first kappa shape index (κ1) is 15.2. The lowest BCUT2D eigenvalue weighted by Crippen LogP contribution is -2.22. The van der Waals surface area contributed by atoms with Gasteiger partial charge < -0.3 is 23.2 Å². The standard InChI is InChI=1S/C9H18O6P2/c1-3-12-17(13-4-2)7-9(10)15-8-5-14-16(11)6-8/h8,11H,3-7H2,1-2H3. The zero-order chi connectivity index (χ0) is 12.7. The Labute approximate surface area is 103 Å². The minimum absolute atomic E-state index is 0.122. The number of rotatable bonds is 7. The predicted octanol–water partition coefficient (Wildman–Crippen LogP) is 1.62. The summed E-state index contributed by atoms with van der Waals surface area (Å²) in [6, 6.07) is 0. The van der Waals surface area contributed by atoms with E-state index in [1.165, 1.54) is 0 Å². The zero-order valence-electron chi connectivity index (χ0n) is 10.00. The summed E-state index contributed by atoms with van der Waals surface area (Å²) in [5.74, 6) is -0.364. The molecule has 100 valence electrons. The van der Waals surface area contributed by atoms with Crippen molar-refractivity contribution in [2.24, 2.45) is 0 Å². The molecule has 6 nitrogen and oxygen atoms in total. The van der Waals surface area contributed by atoms with Gasteiger partial charge in [-0.15, -0.1) is 0 Å². The lowest BCUT2D eigenvalue weighted by atomic mass is 10.4. The summed E-state index contributed by atoms with van der Waals surface area (Å²) in [4.78, 5) is 20.7. The number of esters is 1. The maximum absolute atomic E-state index is 11.6. The normalized spacial score (nSPS) is 24.2. The Hall–Kier alpha value is 0.170. The van der Waals surface area contributed by atoms with E-state index >= 15 is 0 Å². The van der Waals surface area contributed by atoms with Crippen LogP contribution in [-0.2, 0) is 23.1 Å². The molecule has 0 spiro atoms. The molecule has 0 aliphatic carbocycles. The lowest BCUT2D eigenvalue weighted by molar-refractivity contribution is -0.145. The van der Waals surface area contributed by atoms with Crippen LogP contribution in [0.25, 0.3) is 0 Å². The van der Waals surface area contributed by atoms with E-state index in [2.05, 4.69) is 0 Å². The van der Waals surface area contributed by atoms with E-state index in [4.69, 9.17) is 23.2 Å². The molecule has 0 aromatic heterocycles. The predicted molar refractivity (Wildman–Crippen MR) is 64.9 cm³/mol. The third-order valence-electron chi connectivity index (χ3n) is 1.87. The van der Waals surface area contributed by atoms with Crippen LogP contribution in [0.1, 0.15) is 13.8 Å². The van der Waals surface area contributed by atoms with Crippen LogP contribution >= 0.6 is 16.8 Å². The average Bonchev–Trinajstić information content (AvgIpc) is 2.64. The largest absolute Gasteiger partial charge is 0.459 e. The second kappa shape index (κ2) is 8.30. The van der Waals surface area contributed by atoms with Gasteiger partial charge in [0.1, 0.15) is 12.3 Å². The minimum atomic E-state index is -1.40. The maximum Gasteiger partial charge on any atom is 0.315 e. The van der Waals surface area contributed by atoms with E-state index < -0.39 is 16.8 Å². The van der Waals surface area contributed by atoms with Gasteiger partial charge >= 0.3 is 5.97 Å². The van der Waals surface area contributed by atoms with E-state index in [0.717, 1.165) is 0 Å². The summed E-state index contributed by atoms with van der Waals surface area (Å²) in [5, 5.41) is 0. The molecular weight excluding hydrogens is 266 g/mol. The van der Waals surface area contributed by atoms with Crippen molar-refractivity contribution >= 4 is 22.7 Å². The maximum atomic E-state index is 11.6. The van der Waals surface area contributed by atoms with Crippen molar-refractivity contribution in [1.82, 2.24) is 0 Å². The van der Waals surface area contributed by atoms with Crippen molar-refractivity contribution in [2.75, 3.05) is 32.1 Å². The van der Waals surface area contributed by atoms with Crippen LogP contribution in [0.4, 0.5) is 0 Å². The van der Waals surface area contributed by atoms with Gasteiger partial charge in [-0.25, -0.2) is 0 Å². The van der Waals surface area contributed by atoms with Gasteiger partial charge in [0.05, 0.1) is 26.0 Å². The third kappa shape index (κ3) is 6.05. The van der Waals surface area contributed by atoms with Crippen molar-refractivity contribution < 1.29 is 28.0 Å². The van der Waals surface area contributed by atoms with Gasteiger partial charge in [0.25, 0.3) is 0 Å². The molecular formula is C9H18O6P2. The molecule has 0 saturated carbocycles. The number of hydrogen-bond acceptors (Lipinski definition) is 6. The Balaban J connectivity index is 2.26. The van der Waals surface area contributed by atoms with Crippen LogP contribution < -0.4 is 0 Å². The second-order valence-electron chi connectivity index (χ2n) is 3.27. The van der Waals surface area contributed by atoms with E-state index in [1.54, 1.807) is 0 Å². The molecule has 1 rings (SSSR count). The first-order valence-electron chi connectivity index (χ1n) is 5.47. The summed E-state index contributed by atoms with van der Waals surface area (Å²) in [6.45, 7) is 4.99. The highest BCUT2D eigenvalue weighted by Crippen LogP contribution is 2.40. The van der Waals surface area contributed by atoms with Gasteiger partial charge in [-0.05, 0) is 13.8 Å². The SMILES string of the molecule is CCOP(CC(=O)OC1COP(O)C1)OCC. The first-order chi connectivity index (χ1) is 8.15. The Bertz CT molecular complexity index is 234. The monoisotopic (exact) mass is 284 g/mol. The van der Waals surface area contributed by atoms with Gasteiger partial charge in [-0.2, -0.15) is 0 Å². The fourth-order valence-electron chi connectivity index (χ4n) is 1.27. The van der Waals surface area contributed by atoms with Crippen molar-refractivity contribution in [1.29, 1.82) is 0 Å². The fourth-order valence-corrected chi connectivity index (χ4v) is 3.36. The van der Waals surface area contributed by atoms with Crippen LogP contribution in [0, 0.1) is 0 Å². The minimum Gasteiger partial charge on any atom is -0.459 e. The van der Waals surface area contributed by atoms with E-state index in [1.807, 2.05) is 13.8 Å². The highest BCUT2D eigenvalue weighted by Gasteiger charge is 2.28. The van der Waals surface area contributed by atoms with Gasteiger partial charge in [-0.1, -0.05) is 0 Å². The molecule has 0 amide bonds. The average molecular weight is 284 g/mol. The van der Waals surface area contributed by atoms with Gasteiger partial charge in [0.2, 0.25) is 0 Å². The smallest absolute Gasteiger partial charge is 0.315 e. The topological polar surface area (TPSA) is 74.2 Å². The quantitative estimate of drug-likeness (QED) is 0.565. The summed E-state index contributed by atoms with van der Waals surface area (Å²) in [6.07, 6.45) is 0.179. The van der Waals surface area contributed by atoms with E-state index in [0.29, 0.717) is 19.4 Å². The van der Waals surface area contributed by atoms with E-state index in [-0.39, 0.29) is 24.8 Å². The van der Waals surface area contributed by atoms with Crippen LogP contribution in [0.15, 0.2) is 0 Å². The van der Waals surface area contributed by atoms with Gasteiger partial charge in [0, 0.05) is 0 Å². The highest BCUT2D eigenvalue weighted by molar-refractivity contribution is 7.48. The molecule has 8 heteroatoms. The zero-order valence-corrected chi connectivity index (χ0v) is 11.8. The summed E-state index contributed by atoms with van der Waals surface area (Å²) in [7, 11) is -2.61. The molecule has 1 heterocycles. The van der Waals surface area contributed by atoms with Gasteiger partial charge in [-0.3, -0.25) is 4.79 Å². The molecule has 1 aliphatic heterocycles. The van der Waals surface area contributed by atoms with Crippen LogP contribution in [0.3, 0.4) is 0 Å². The Morgan fingerprint density at radius 3 is 2.59 bits per heavy atom. The van der Waals surface area contributed by atoms with E-state index in [9.17, 15) is 4.79 Å². The first-order valence-corrected chi connectivity index (χ1v) is 8.23. The molecule has 2 unspecified atom stereocenters. The molecule has 0 aromatic rings. The van der Waals surface area contributed by atoms with Gasteiger partial charge in [0.15, 0.2) is 16.8 Å². The van der Waals surface area contributed by atoms with Crippen molar-refractivity contribution in [2.45, 2.75) is 20.0 Å². The Morgan fingerprint density at radius 2 is 2.12 bits per heavy atom. The lowest BCUT2D eigenvalue weighted by Gasteiger charge is -2.16. The molecule has 1 aliphatic rings.